The number of ether oxygens (including phenoxy) is 1. The summed E-state index contributed by atoms with van der Waals surface area (Å²) in [5.74, 6) is 0.248. The standard InChI is InChI=1S/C11H21NO3/c1-15-8-10(13)7-12-11(14)9-5-3-2-4-6-9/h9-10,13H,2-8H2,1H3,(H,12,14). The summed E-state index contributed by atoms with van der Waals surface area (Å²) in [6.45, 7) is 0.564. The summed E-state index contributed by atoms with van der Waals surface area (Å²) in [5, 5.41) is 12.1. The highest BCUT2D eigenvalue weighted by Crippen LogP contribution is 2.23. The van der Waals surface area contributed by atoms with Crippen LogP contribution in [0.2, 0.25) is 0 Å². The molecule has 1 aliphatic rings. The van der Waals surface area contributed by atoms with Crippen molar-refractivity contribution >= 4 is 5.91 Å². The summed E-state index contributed by atoms with van der Waals surface area (Å²) in [5.41, 5.74) is 0. The first-order valence-electron chi connectivity index (χ1n) is 5.68. The Balaban J connectivity index is 2.16. The summed E-state index contributed by atoms with van der Waals surface area (Å²) < 4.78 is 4.78. The fraction of sp³-hybridized carbons (Fsp3) is 0.909. The molecule has 1 atom stereocenters. The molecule has 0 bridgehead atoms. The first-order valence-corrected chi connectivity index (χ1v) is 5.68. The average molecular weight is 215 g/mol. The van der Waals surface area contributed by atoms with E-state index in [1.807, 2.05) is 0 Å². The lowest BCUT2D eigenvalue weighted by molar-refractivity contribution is -0.126. The van der Waals surface area contributed by atoms with Crippen LogP contribution in [0, 0.1) is 5.92 Å². The van der Waals surface area contributed by atoms with Crippen LogP contribution in [-0.4, -0.2) is 37.4 Å². The SMILES string of the molecule is COCC(O)CNC(=O)C1CCCCC1. The maximum Gasteiger partial charge on any atom is 0.223 e. The molecule has 88 valence electrons. The second-order valence-corrected chi connectivity index (χ2v) is 4.19. The van der Waals surface area contributed by atoms with Crippen molar-refractivity contribution in [2.75, 3.05) is 20.3 Å². The number of hydrogen-bond acceptors (Lipinski definition) is 3. The van der Waals surface area contributed by atoms with E-state index < -0.39 is 6.10 Å². The first kappa shape index (κ1) is 12.5. The van der Waals surface area contributed by atoms with E-state index in [4.69, 9.17) is 4.74 Å². The van der Waals surface area contributed by atoms with Crippen LogP contribution in [0.15, 0.2) is 0 Å². The Labute approximate surface area is 91.0 Å². The quantitative estimate of drug-likeness (QED) is 0.709. The zero-order valence-corrected chi connectivity index (χ0v) is 9.37. The van der Waals surface area contributed by atoms with Gasteiger partial charge in [-0.2, -0.15) is 0 Å². The number of aliphatic hydroxyl groups is 1. The third-order valence-electron chi connectivity index (χ3n) is 2.85. The van der Waals surface area contributed by atoms with Crippen LogP contribution >= 0.6 is 0 Å². The van der Waals surface area contributed by atoms with E-state index in [0.717, 1.165) is 25.7 Å². The van der Waals surface area contributed by atoms with Gasteiger partial charge in [0, 0.05) is 19.6 Å². The smallest absolute Gasteiger partial charge is 0.223 e. The normalized spacial score (nSPS) is 19.9. The van der Waals surface area contributed by atoms with Gasteiger partial charge in [-0.05, 0) is 12.8 Å². The third kappa shape index (κ3) is 4.62. The molecule has 1 amide bonds. The molecule has 1 fully saturated rings. The zero-order valence-electron chi connectivity index (χ0n) is 9.37. The van der Waals surface area contributed by atoms with Crippen molar-refractivity contribution in [1.82, 2.24) is 5.32 Å². The molecule has 1 saturated carbocycles. The molecule has 0 aromatic carbocycles. The van der Waals surface area contributed by atoms with Crippen LogP contribution < -0.4 is 5.32 Å². The number of rotatable bonds is 5. The van der Waals surface area contributed by atoms with Gasteiger partial charge in [-0.3, -0.25) is 4.79 Å². The average Bonchev–Trinajstić information content (AvgIpc) is 2.27. The van der Waals surface area contributed by atoms with E-state index >= 15 is 0 Å². The fourth-order valence-corrected chi connectivity index (χ4v) is 1.98. The minimum absolute atomic E-state index is 0.0878. The van der Waals surface area contributed by atoms with Crippen molar-refractivity contribution in [3.8, 4) is 0 Å². The third-order valence-corrected chi connectivity index (χ3v) is 2.85. The molecule has 4 heteroatoms. The number of methoxy groups -OCH3 is 1. The molecule has 0 aromatic heterocycles. The molecule has 4 nitrogen and oxygen atoms in total. The van der Waals surface area contributed by atoms with Crippen LogP contribution in [0.25, 0.3) is 0 Å². The highest BCUT2D eigenvalue weighted by Gasteiger charge is 2.21. The maximum atomic E-state index is 11.6. The van der Waals surface area contributed by atoms with Gasteiger partial charge in [0.05, 0.1) is 12.7 Å². The van der Waals surface area contributed by atoms with Crippen molar-refractivity contribution in [2.45, 2.75) is 38.2 Å². The first-order chi connectivity index (χ1) is 7.24. The number of carbonyl (C=O) groups is 1. The largest absolute Gasteiger partial charge is 0.389 e. The Kier molecular flexibility index (Phi) is 5.65. The molecule has 15 heavy (non-hydrogen) atoms. The molecule has 1 aliphatic carbocycles. The van der Waals surface area contributed by atoms with E-state index in [9.17, 15) is 9.90 Å². The highest BCUT2D eigenvalue weighted by molar-refractivity contribution is 5.78. The summed E-state index contributed by atoms with van der Waals surface area (Å²) in [4.78, 5) is 11.6. The van der Waals surface area contributed by atoms with Gasteiger partial charge in [-0.15, -0.1) is 0 Å². The van der Waals surface area contributed by atoms with Gasteiger partial charge in [0.15, 0.2) is 0 Å². The van der Waals surface area contributed by atoms with Crippen molar-refractivity contribution < 1.29 is 14.6 Å². The van der Waals surface area contributed by atoms with Gasteiger partial charge in [0.25, 0.3) is 0 Å². The Hall–Kier alpha value is -0.610. The topological polar surface area (TPSA) is 58.6 Å². The minimum Gasteiger partial charge on any atom is -0.389 e. The van der Waals surface area contributed by atoms with Gasteiger partial charge < -0.3 is 15.2 Å². The number of nitrogens with one attached hydrogen (secondary N) is 1. The molecule has 0 saturated heterocycles. The summed E-state index contributed by atoms with van der Waals surface area (Å²) in [6.07, 6.45) is 4.94. The van der Waals surface area contributed by atoms with E-state index in [0.29, 0.717) is 6.54 Å². The lowest BCUT2D eigenvalue weighted by Crippen LogP contribution is -2.38. The molecule has 2 N–H and O–H groups in total. The molecule has 0 aliphatic heterocycles. The van der Waals surface area contributed by atoms with Crippen LogP contribution in [0.1, 0.15) is 32.1 Å². The Morgan fingerprint density at radius 1 is 1.47 bits per heavy atom. The zero-order chi connectivity index (χ0) is 11.1. The van der Waals surface area contributed by atoms with Crippen LogP contribution in [0.5, 0.6) is 0 Å². The molecule has 1 rings (SSSR count). The summed E-state index contributed by atoms with van der Waals surface area (Å²) in [7, 11) is 1.53. The van der Waals surface area contributed by atoms with Crippen LogP contribution in [0.3, 0.4) is 0 Å². The van der Waals surface area contributed by atoms with Gasteiger partial charge in [-0.1, -0.05) is 19.3 Å². The molecule has 0 radical (unpaired) electrons. The predicted octanol–water partition coefficient (Wildman–Crippen LogP) is 0.690. The second-order valence-electron chi connectivity index (χ2n) is 4.19. The van der Waals surface area contributed by atoms with E-state index in [1.165, 1.54) is 13.5 Å². The number of amides is 1. The van der Waals surface area contributed by atoms with Crippen LogP contribution in [0.4, 0.5) is 0 Å². The Morgan fingerprint density at radius 2 is 2.13 bits per heavy atom. The van der Waals surface area contributed by atoms with E-state index in [2.05, 4.69) is 5.32 Å². The maximum absolute atomic E-state index is 11.6. The monoisotopic (exact) mass is 215 g/mol. The molecule has 0 spiro atoms. The molecule has 0 heterocycles. The van der Waals surface area contributed by atoms with Gasteiger partial charge in [0.2, 0.25) is 5.91 Å². The number of carbonyl (C=O) groups excluding carboxylic acids is 1. The number of aliphatic hydroxyl groups excluding tert-OH is 1. The van der Waals surface area contributed by atoms with Gasteiger partial charge in [0.1, 0.15) is 0 Å². The summed E-state index contributed by atoms with van der Waals surface area (Å²) >= 11 is 0. The van der Waals surface area contributed by atoms with E-state index in [-0.39, 0.29) is 18.4 Å². The van der Waals surface area contributed by atoms with E-state index in [1.54, 1.807) is 0 Å². The lowest BCUT2D eigenvalue weighted by Gasteiger charge is -2.21. The Bertz CT molecular complexity index is 190. The van der Waals surface area contributed by atoms with Gasteiger partial charge >= 0.3 is 0 Å². The molecular weight excluding hydrogens is 194 g/mol. The van der Waals surface area contributed by atoms with Crippen LogP contribution in [-0.2, 0) is 9.53 Å². The molecule has 0 aromatic rings. The highest BCUT2D eigenvalue weighted by atomic mass is 16.5. The van der Waals surface area contributed by atoms with Crippen molar-refractivity contribution in [1.29, 1.82) is 0 Å². The lowest BCUT2D eigenvalue weighted by atomic mass is 9.89. The summed E-state index contributed by atoms with van der Waals surface area (Å²) in [6, 6.07) is 0. The number of hydrogen-bond donors (Lipinski definition) is 2. The molecule has 1 unspecified atom stereocenters. The van der Waals surface area contributed by atoms with Crippen molar-refractivity contribution in [3.05, 3.63) is 0 Å². The second kappa shape index (κ2) is 6.80. The molecular formula is C11H21NO3. The van der Waals surface area contributed by atoms with Crippen molar-refractivity contribution in [3.63, 3.8) is 0 Å². The predicted molar refractivity (Wildman–Crippen MR) is 57.5 cm³/mol. The fourth-order valence-electron chi connectivity index (χ4n) is 1.98. The Morgan fingerprint density at radius 3 is 2.73 bits per heavy atom. The van der Waals surface area contributed by atoms with Gasteiger partial charge in [-0.25, -0.2) is 0 Å². The minimum atomic E-state index is -0.595. The van der Waals surface area contributed by atoms with Crippen molar-refractivity contribution in [2.24, 2.45) is 5.92 Å².